The molecule has 2 unspecified atom stereocenters. The zero-order chi connectivity index (χ0) is 23.9. The molecule has 4 N–H and O–H groups in total. The van der Waals surface area contributed by atoms with Crippen molar-refractivity contribution in [2.45, 2.75) is 80.6 Å². The first-order chi connectivity index (χ1) is 16.3. The van der Waals surface area contributed by atoms with Crippen LogP contribution in [0.15, 0.2) is 18.2 Å². The number of rotatable bonds is 6. The normalized spacial score (nSPS) is 35.0. The minimum absolute atomic E-state index is 0.0146. The highest BCUT2D eigenvalue weighted by Crippen LogP contribution is 2.47. The molecule has 5 aliphatic rings. The fourth-order valence-corrected chi connectivity index (χ4v) is 6.31. The molecule has 3 atom stereocenters. The number of hydrogen-bond acceptors (Lipinski definition) is 6. The fourth-order valence-electron chi connectivity index (χ4n) is 6.19. The summed E-state index contributed by atoms with van der Waals surface area (Å²) in [5.74, 6) is -0.766. The van der Waals surface area contributed by atoms with E-state index in [1.807, 2.05) is 0 Å². The van der Waals surface area contributed by atoms with Gasteiger partial charge in [-0.15, -0.1) is 0 Å². The Balaban J connectivity index is 1.14. The molecule has 5 fully saturated rings. The van der Waals surface area contributed by atoms with Crippen LogP contribution in [-0.2, 0) is 9.59 Å². The van der Waals surface area contributed by atoms with Crippen LogP contribution in [0.4, 0.5) is 4.39 Å². The van der Waals surface area contributed by atoms with Crippen LogP contribution in [0.2, 0.25) is 5.02 Å². The quantitative estimate of drug-likeness (QED) is 0.480. The van der Waals surface area contributed by atoms with E-state index in [1.165, 1.54) is 18.6 Å². The van der Waals surface area contributed by atoms with Crippen molar-refractivity contribution in [3.63, 3.8) is 0 Å². The SMILES string of the molecule is O=C(COc1ccc(Cl)c(F)c1)NC12CCC(NC(=O)C3CC4CCCN4CN3)(CC1)C[C@@H]2O. The number of nitrogens with one attached hydrogen (secondary N) is 3. The zero-order valence-electron chi connectivity index (χ0n) is 19.1. The summed E-state index contributed by atoms with van der Waals surface area (Å²) in [7, 11) is 0. The summed E-state index contributed by atoms with van der Waals surface area (Å²) in [6.45, 7) is 1.55. The Hall–Kier alpha value is -1.94. The lowest BCUT2D eigenvalue weighted by Crippen LogP contribution is -2.71. The van der Waals surface area contributed by atoms with Gasteiger partial charge in [0.25, 0.3) is 5.91 Å². The lowest BCUT2D eigenvalue weighted by molar-refractivity contribution is -0.137. The van der Waals surface area contributed by atoms with Crippen molar-refractivity contribution in [2.75, 3.05) is 19.8 Å². The van der Waals surface area contributed by atoms with E-state index < -0.39 is 23.0 Å². The Morgan fingerprint density at radius 3 is 2.79 bits per heavy atom. The highest BCUT2D eigenvalue weighted by molar-refractivity contribution is 6.30. The first kappa shape index (κ1) is 23.8. The van der Waals surface area contributed by atoms with Crippen molar-refractivity contribution >= 4 is 23.4 Å². The number of hydrogen-bond donors (Lipinski definition) is 4. The van der Waals surface area contributed by atoms with E-state index in [1.54, 1.807) is 0 Å². The number of benzene rings is 1. The van der Waals surface area contributed by atoms with Gasteiger partial charge in [0, 0.05) is 24.3 Å². The number of carbonyl (C=O) groups excluding carboxylic acids is 2. The van der Waals surface area contributed by atoms with Gasteiger partial charge in [-0.2, -0.15) is 0 Å². The molecule has 2 saturated heterocycles. The van der Waals surface area contributed by atoms with Crippen molar-refractivity contribution < 1.29 is 23.8 Å². The summed E-state index contributed by atoms with van der Waals surface area (Å²) in [5.41, 5.74) is -1.17. The number of aliphatic hydroxyl groups is 1. The molecule has 2 aliphatic heterocycles. The molecule has 1 aromatic rings. The van der Waals surface area contributed by atoms with E-state index >= 15 is 0 Å². The Morgan fingerprint density at radius 2 is 2.06 bits per heavy atom. The molecule has 0 aromatic heterocycles. The second-order valence-corrected chi connectivity index (χ2v) is 10.7. The summed E-state index contributed by atoms with van der Waals surface area (Å²) >= 11 is 5.67. The zero-order valence-corrected chi connectivity index (χ0v) is 19.9. The van der Waals surface area contributed by atoms with Crippen molar-refractivity contribution in [3.05, 3.63) is 29.0 Å². The topological polar surface area (TPSA) is 103 Å². The molecular weight excluding hydrogens is 463 g/mol. The second kappa shape index (κ2) is 9.26. The highest BCUT2D eigenvalue weighted by atomic mass is 35.5. The average Bonchev–Trinajstić information content (AvgIpc) is 3.29. The number of fused-ring (bicyclic) bond motifs is 4. The number of carbonyl (C=O) groups is 2. The maximum absolute atomic E-state index is 13.6. The Morgan fingerprint density at radius 1 is 1.26 bits per heavy atom. The smallest absolute Gasteiger partial charge is 0.258 e. The largest absolute Gasteiger partial charge is 0.484 e. The predicted octanol–water partition coefficient (Wildman–Crippen LogP) is 1.69. The summed E-state index contributed by atoms with van der Waals surface area (Å²) in [6.07, 6.45) is 5.34. The molecule has 2 amide bonds. The van der Waals surface area contributed by atoms with Gasteiger partial charge in [0.2, 0.25) is 5.91 Å². The van der Waals surface area contributed by atoms with Crippen molar-refractivity contribution in [3.8, 4) is 5.75 Å². The standard InChI is InChI=1S/C24H32ClFN4O4/c25-17-4-3-16(11-18(17)26)34-13-21(32)28-24-7-5-23(6-8-24,12-20(24)31)29-22(33)19-10-15-2-1-9-30(15)14-27-19/h3-4,11,15,19-20,27,31H,1-2,5-10,12-14H2,(H,28,32)(H,29,33)/t15?,19?,20-,23?,24?/m0/s1. The first-order valence-corrected chi connectivity index (χ1v) is 12.5. The molecular formula is C24H32ClFN4O4. The third-order valence-electron chi connectivity index (χ3n) is 8.22. The van der Waals surface area contributed by atoms with Gasteiger partial charge in [0.05, 0.1) is 22.7 Å². The molecule has 0 radical (unpaired) electrons. The van der Waals surface area contributed by atoms with Gasteiger partial charge in [0.15, 0.2) is 6.61 Å². The van der Waals surface area contributed by atoms with E-state index in [4.69, 9.17) is 16.3 Å². The highest BCUT2D eigenvalue weighted by Gasteiger charge is 2.55. The van der Waals surface area contributed by atoms with Crippen LogP contribution in [0, 0.1) is 5.82 Å². The molecule has 8 nitrogen and oxygen atoms in total. The van der Waals surface area contributed by atoms with Gasteiger partial charge in [0.1, 0.15) is 11.6 Å². The number of ether oxygens (including phenoxy) is 1. The summed E-state index contributed by atoms with van der Waals surface area (Å²) in [6, 6.07) is 4.28. The summed E-state index contributed by atoms with van der Waals surface area (Å²) in [5, 5.41) is 20.5. The molecule has 10 heteroatoms. The summed E-state index contributed by atoms with van der Waals surface area (Å²) < 4.78 is 19.0. The minimum Gasteiger partial charge on any atom is -0.484 e. The predicted molar refractivity (Wildman–Crippen MR) is 124 cm³/mol. The van der Waals surface area contributed by atoms with Crippen LogP contribution in [0.5, 0.6) is 5.75 Å². The molecule has 2 heterocycles. The maximum atomic E-state index is 13.6. The summed E-state index contributed by atoms with van der Waals surface area (Å²) in [4.78, 5) is 28.0. The molecule has 6 rings (SSSR count). The van der Waals surface area contributed by atoms with Gasteiger partial charge in [-0.3, -0.25) is 19.8 Å². The first-order valence-electron chi connectivity index (χ1n) is 12.1. The van der Waals surface area contributed by atoms with Crippen LogP contribution in [0.3, 0.4) is 0 Å². The van der Waals surface area contributed by atoms with E-state index in [0.717, 1.165) is 32.1 Å². The molecule has 34 heavy (non-hydrogen) atoms. The van der Waals surface area contributed by atoms with Crippen LogP contribution in [0.1, 0.15) is 51.4 Å². The van der Waals surface area contributed by atoms with Crippen LogP contribution < -0.4 is 20.7 Å². The molecule has 0 spiro atoms. The monoisotopic (exact) mass is 494 g/mol. The van der Waals surface area contributed by atoms with Crippen LogP contribution in [-0.4, -0.2) is 70.9 Å². The molecule has 2 bridgehead atoms. The molecule has 3 saturated carbocycles. The van der Waals surface area contributed by atoms with E-state index in [2.05, 4.69) is 20.9 Å². The van der Waals surface area contributed by atoms with Crippen LogP contribution >= 0.6 is 11.6 Å². The lowest BCUT2D eigenvalue weighted by atomic mass is 9.59. The average molecular weight is 495 g/mol. The van der Waals surface area contributed by atoms with Crippen molar-refractivity contribution in [2.24, 2.45) is 0 Å². The third-order valence-corrected chi connectivity index (χ3v) is 8.53. The number of aliphatic hydroxyl groups excluding tert-OH is 1. The van der Waals surface area contributed by atoms with Gasteiger partial charge < -0.3 is 20.5 Å². The van der Waals surface area contributed by atoms with E-state index in [-0.39, 0.29) is 35.2 Å². The van der Waals surface area contributed by atoms with Gasteiger partial charge >= 0.3 is 0 Å². The van der Waals surface area contributed by atoms with E-state index in [0.29, 0.717) is 38.1 Å². The molecule has 1 aromatic carbocycles. The minimum atomic E-state index is -0.767. The number of amides is 2. The lowest BCUT2D eigenvalue weighted by Gasteiger charge is -2.56. The number of halogens is 2. The Bertz CT molecular complexity index is 955. The second-order valence-electron chi connectivity index (χ2n) is 10.3. The van der Waals surface area contributed by atoms with E-state index in [9.17, 15) is 19.1 Å². The third kappa shape index (κ3) is 4.63. The van der Waals surface area contributed by atoms with Crippen molar-refractivity contribution in [1.82, 2.24) is 20.9 Å². The Kier molecular flexibility index (Phi) is 6.48. The van der Waals surface area contributed by atoms with Gasteiger partial charge in [-0.1, -0.05) is 11.6 Å². The van der Waals surface area contributed by atoms with Crippen LogP contribution in [0.25, 0.3) is 0 Å². The molecule has 186 valence electrons. The fraction of sp³-hybridized carbons (Fsp3) is 0.667. The van der Waals surface area contributed by atoms with Gasteiger partial charge in [-0.05, 0) is 70.0 Å². The maximum Gasteiger partial charge on any atom is 0.258 e. The van der Waals surface area contributed by atoms with Gasteiger partial charge in [-0.25, -0.2) is 4.39 Å². The Labute approximate surface area is 203 Å². The number of nitrogens with zero attached hydrogens (tertiary/aromatic N) is 1. The molecule has 3 aliphatic carbocycles. The van der Waals surface area contributed by atoms with Crippen molar-refractivity contribution in [1.29, 1.82) is 0 Å².